The summed E-state index contributed by atoms with van der Waals surface area (Å²) in [7, 11) is 0. The van der Waals surface area contributed by atoms with E-state index in [1.54, 1.807) is 12.1 Å². The lowest BCUT2D eigenvalue weighted by Crippen LogP contribution is -1.82. The molecule has 0 N–H and O–H groups in total. The van der Waals surface area contributed by atoms with Gasteiger partial charge in [0.05, 0.1) is 11.4 Å². The lowest BCUT2D eigenvalue weighted by molar-refractivity contribution is 0.628. The van der Waals surface area contributed by atoms with E-state index in [4.69, 9.17) is 0 Å². The lowest BCUT2D eigenvalue weighted by atomic mass is 10.1. The summed E-state index contributed by atoms with van der Waals surface area (Å²) in [4.78, 5) is 0. The normalized spacial score (nSPS) is 11.1. The van der Waals surface area contributed by atoms with E-state index in [1.165, 1.54) is 30.5 Å². The number of halogens is 1. The van der Waals surface area contributed by atoms with Crippen LogP contribution in [0.4, 0.5) is 15.8 Å². The Morgan fingerprint density at radius 1 is 0.842 bits per heavy atom. The highest BCUT2D eigenvalue weighted by Gasteiger charge is 1.94. The Balaban J connectivity index is 2.00. The van der Waals surface area contributed by atoms with Gasteiger partial charge < -0.3 is 0 Å². The van der Waals surface area contributed by atoms with Crippen molar-refractivity contribution in [1.82, 2.24) is 0 Å². The van der Waals surface area contributed by atoms with Gasteiger partial charge in [-0.2, -0.15) is 10.2 Å². The molecule has 2 aromatic carbocycles. The van der Waals surface area contributed by atoms with Gasteiger partial charge in [0.1, 0.15) is 5.82 Å². The van der Waals surface area contributed by atoms with E-state index in [-0.39, 0.29) is 5.82 Å². The Kier molecular flexibility index (Phi) is 4.78. The molecule has 98 valence electrons. The van der Waals surface area contributed by atoms with Gasteiger partial charge in [0, 0.05) is 0 Å². The van der Waals surface area contributed by atoms with Crippen LogP contribution >= 0.6 is 0 Å². The number of nitrogens with zero attached hydrogens (tertiary/aromatic N) is 2. The third kappa shape index (κ3) is 4.28. The van der Waals surface area contributed by atoms with E-state index in [2.05, 4.69) is 29.3 Å². The first-order valence-electron chi connectivity index (χ1n) is 6.54. The van der Waals surface area contributed by atoms with Crippen molar-refractivity contribution >= 4 is 11.4 Å². The predicted molar refractivity (Wildman–Crippen MR) is 75.6 cm³/mol. The number of rotatable bonds is 5. The number of hydrogen-bond donors (Lipinski definition) is 0. The van der Waals surface area contributed by atoms with Gasteiger partial charge in [0.2, 0.25) is 0 Å². The van der Waals surface area contributed by atoms with E-state index in [9.17, 15) is 4.39 Å². The Morgan fingerprint density at radius 2 is 1.37 bits per heavy atom. The molecule has 0 fully saturated rings. The highest BCUT2D eigenvalue weighted by Crippen LogP contribution is 2.19. The number of hydrogen-bond acceptors (Lipinski definition) is 2. The van der Waals surface area contributed by atoms with Gasteiger partial charge >= 0.3 is 0 Å². The molecule has 19 heavy (non-hydrogen) atoms. The van der Waals surface area contributed by atoms with Crippen LogP contribution in [0.15, 0.2) is 58.8 Å². The number of azo groups is 1. The number of aryl methyl sites for hydroxylation is 1. The Bertz CT molecular complexity index is 530. The van der Waals surface area contributed by atoms with Gasteiger partial charge in [0.25, 0.3) is 0 Å². The minimum atomic E-state index is -0.265. The third-order valence-electron chi connectivity index (χ3n) is 2.86. The molecule has 0 aliphatic carbocycles. The molecule has 2 aromatic rings. The molecule has 0 unspecified atom stereocenters. The van der Waals surface area contributed by atoms with Crippen LogP contribution in [0.5, 0.6) is 0 Å². The minimum Gasteiger partial charge on any atom is -0.207 e. The molecule has 2 nitrogen and oxygen atoms in total. The largest absolute Gasteiger partial charge is 0.207 e. The van der Waals surface area contributed by atoms with Crippen LogP contribution in [0.2, 0.25) is 0 Å². The average molecular weight is 256 g/mol. The average Bonchev–Trinajstić information content (AvgIpc) is 2.46. The molecular weight excluding hydrogens is 239 g/mol. The predicted octanol–water partition coefficient (Wildman–Crippen LogP) is 5.58. The summed E-state index contributed by atoms with van der Waals surface area (Å²) in [6.45, 7) is 2.19. The zero-order valence-corrected chi connectivity index (χ0v) is 11.0. The van der Waals surface area contributed by atoms with Crippen LogP contribution in [0, 0.1) is 5.82 Å². The SMILES string of the molecule is CCCCc1ccc(N=Nc2ccc(F)cc2)cc1. The van der Waals surface area contributed by atoms with Crippen LogP contribution in [0.3, 0.4) is 0 Å². The van der Waals surface area contributed by atoms with E-state index < -0.39 is 0 Å². The standard InChI is InChI=1S/C16H17FN2/c1-2-3-4-13-5-9-15(10-6-13)18-19-16-11-7-14(17)8-12-16/h5-12H,2-4H2,1H3. The van der Waals surface area contributed by atoms with E-state index in [0.29, 0.717) is 5.69 Å². The monoisotopic (exact) mass is 256 g/mol. The maximum Gasteiger partial charge on any atom is 0.123 e. The van der Waals surface area contributed by atoms with Crippen LogP contribution < -0.4 is 0 Å². The van der Waals surface area contributed by atoms with Crippen LogP contribution in [-0.2, 0) is 6.42 Å². The second-order valence-corrected chi connectivity index (χ2v) is 4.45. The van der Waals surface area contributed by atoms with Crippen molar-refractivity contribution < 1.29 is 4.39 Å². The maximum atomic E-state index is 12.7. The number of benzene rings is 2. The van der Waals surface area contributed by atoms with Gasteiger partial charge in [-0.15, -0.1) is 0 Å². The van der Waals surface area contributed by atoms with Crippen molar-refractivity contribution in [2.45, 2.75) is 26.2 Å². The molecule has 0 aliphatic heterocycles. The van der Waals surface area contributed by atoms with Crippen LogP contribution in [0.1, 0.15) is 25.3 Å². The summed E-state index contributed by atoms with van der Waals surface area (Å²) in [5, 5.41) is 8.20. The Labute approximate surface area is 113 Å². The van der Waals surface area contributed by atoms with Crippen molar-refractivity contribution in [3.63, 3.8) is 0 Å². The molecule has 0 aliphatic rings. The second kappa shape index (κ2) is 6.78. The zero-order valence-electron chi connectivity index (χ0n) is 11.0. The maximum absolute atomic E-state index is 12.7. The molecule has 2 rings (SSSR count). The Hall–Kier alpha value is -2.03. The first kappa shape index (κ1) is 13.4. The molecule has 0 spiro atoms. The quantitative estimate of drug-likeness (QED) is 0.623. The minimum absolute atomic E-state index is 0.265. The second-order valence-electron chi connectivity index (χ2n) is 4.45. The van der Waals surface area contributed by atoms with E-state index in [0.717, 1.165) is 12.1 Å². The molecule has 0 aromatic heterocycles. The summed E-state index contributed by atoms with van der Waals surface area (Å²) in [5.74, 6) is -0.265. The molecule has 0 heterocycles. The first-order chi connectivity index (χ1) is 9.28. The highest BCUT2D eigenvalue weighted by molar-refractivity contribution is 5.41. The fourth-order valence-corrected chi connectivity index (χ4v) is 1.73. The smallest absolute Gasteiger partial charge is 0.123 e. The van der Waals surface area contributed by atoms with Gasteiger partial charge in [0.15, 0.2) is 0 Å². The zero-order chi connectivity index (χ0) is 13.5. The van der Waals surface area contributed by atoms with Gasteiger partial charge in [-0.1, -0.05) is 25.5 Å². The third-order valence-corrected chi connectivity index (χ3v) is 2.86. The van der Waals surface area contributed by atoms with E-state index in [1.807, 2.05) is 12.1 Å². The van der Waals surface area contributed by atoms with E-state index >= 15 is 0 Å². The summed E-state index contributed by atoms with van der Waals surface area (Å²) < 4.78 is 12.7. The molecule has 3 heteroatoms. The molecule has 0 amide bonds. The van der Waals surface area contributed by atoms with Crippen molar-refractivity contribution in [2.75, 3.05) is 0 Å². The lowest BCUT2D eigenvalue weighted by Gasteiger charge is -1.99. The van der Waals surface area contributed by atoms with Crippen molar-refractivity contribution in [3.05, 3.63) is 59.9 Å². The fourth-order valence-electron chi connectivity index (χ4n) is 1.73. The summed E-state index contributed by atoms with van der Waals surface area (Å²) >= 11 is 0. The topological polar surface area (TPSA) is 24.7 Å². The number of unbranched alkanes of at least 4 members (excludes halogenated alkanes) is 1. The van der Waals surface area contributed by atoms with Crippen LogP contribution in [0.25, 0.3) is 0 Å². The fraction of sp³-hybridized carbons (Fsp3) is 0.250. The molecule has 0 bridgehead atoms. The van der Waals surface area contributed by atoms with Crippen molar-refractivity contribution in [3.8, 4) is 0 Å². The molecule has 0 saturated heterocycles. The molecule has 0 radical (unpaired) electrons. The van der Waals surface area contributed by atoms with Gasteiger partial charge in [-0.3, -0.25) is 0 Å². The van der Waals surface area contributed by atoms with Gasteiger partial charge in [-0.05, 0) is 54.8 Å². The van der Waals surface area contributed by atoms with Crippen molar-refractivity contribution in [2.24, 2.45) is 10.2 Å². The molecular formula is C16H17FN2. The summed E-state index contributed by atoms with van der Waals surface area (Å²) in [6, 6.07) is 14.0. The van der Waals surface area contributed by atoms with Gasteiger partial charge in [-0.25, -0.2) is 4.39 Å². The molecule has 0 saturated carbocycles. The highest BCUT2D eigenvalue weighted by atomic mass is 19.1. The Morgan fingerprint density at radius 3 is 1.89 bits per heavy atom. The van der Waals surface area contributed by atoms with Crippen LogP contribution in [-0.4, -0.2) is 0 Å². The van der Waals surface area contributed by atoms with Crippen molar-refractivity contribution in [1.29, 1.82) is 0 Å². The molecule has 0 atom stereocenters. The summed E-state index contributed by atoms with van der Waals surface area (Å²) in [5.41, 5.74) is 2.78. The first-order valence-corrected chi connectivity index (χ1v) is 6.54. The summed E-state index contributed by atoms with van der Waals surface area (Å²) in [6.07, 6.45) is 3.51.